The lowest BCUT2D eigenvalue weighted by Gasteiger charge is -2.07. The van der Waals surface area contributed by atoms with Crippen LogP contribution in [0.2, 0.25) is 10.0 Å². The molecular weight excluding hydrogens is 301 g/mol. The third-order valence-corrected chi connectivity index (χ3v) is 4.17. The van der Waals surface area contributed by atoms with Crippen molar-refractivity contribution in [3.05, 3.63) is 76.8 Å². The van der Waals surface area contributed by atoms with Crippen molar-refractivity contribution < 1.29 is 0 Å². The van der Waals surface area contributed by atoms with Gasteiger partial charge in [-0.25, -0.2) is 0 Å². The summed E-state index contributed by atoms with van der Waals surface area (Å²) < 4.78 is 2.23. The molecule has 0 aliphatic heterocycles. The SMILES string of the molecule is Clc1ccc2c(c1)c1cc(Cl)ccc1n2-c1ccccc1. The highest BCUT2D eigenvalue weighted by atomic mass is 35.5. The van der Waals surface area contributed by atoms with E-state index in [-0.39, 0.29) is 0 Å². The number of halogens is 2. The first-order valence-corrected chi connectivity index (χ1v) is 7.44. The van der Waals surface area contributed by atoms with Gasteiger partial charge in [-0.05, 0) is 48.5 Å². The van der Waals surface area contributed by atoms with Crippen molar-refractivity contribution in [2.75, 3.05) is 0 Å². The van der Waals surface area contributed by atoms with Crippen LogP contribution in [-0.4, -0.2) is 4.57 Å². The Kier molecular flexibility index (Phi) is 2.91. The molecule has 0 saturated heterocycles. The van der Waals surface area contributed by atoms with Crippen LogP contribution in [0.25, 0.3) is 27.5 Å². The van der Waals surface area contributed by atoms with E-state index >= 15 is 0 Å². The molecule has 0 fully saturated rings. The third kappa shape index (κ3) is 2.01. The molecule has 0 spiro atoms. The first kappa shape index (κ1) is 12.8. The van der Waals surface area contributed by atoms with E-state index in [0.29, 0.717) is 0 Å². The van der Waals surface area contributed by atoms with Gasteiger partial charge in [0.1, 0.15) is 0 Å². The van der Waals surface area contributed by atoms with E-state index in [1.54, 1.807) is 0 Å². The largest absolute Gasteiger partial charge is 0.309 e. The molecule has 102 valence electrons. The van der Waals surface area contributed by atoms with E-state index in [2.05, 4.69) is 28.8 Å². The molecule has 21 heavy (non-hydrogen) atoms. The van der Waals surface area contributed by atoms with Gasteiger partial charge in [0, 0.05) is 26.5 Å². The zero-order valence-electron chi connectivity index (χ0n) is 11.1. The summed E-state index contributed by atoms with van der Waals surface area (Å²) in [6, 6.07) is 22.2. The summed E-state index contributed by atoms with van der Waals surface area (Å²) in [6.07, 6.45) is 0. The van der Waals surface area contributed by atoms with E-state index in [1.807, 2.05) is 42.5 Å². The fourth-order valence-electron chi connectivity index (χ4n) is 2.82. The second-order valence-electron chi connectivity index (χ2n) is 4.99. The lowest BCUT2D eigenvalue weighted by molar-refractivity contribution is 1.18. The van der Waals surface area contributed by atoms with Crippen LogP contribution in [0.3, 0.4) is 0 Å². The van der Waals surface area contributed by atoms with Gasteiger partial charge in [0.2, 0.25) is 0 Å². The quantitative estimate of drug-likeness (QED) is 0.401. The highest BCUT2D eigenvalue weighted by molar-refractivity contribution is 6.33. The minimum Gasteiger partial charge on any atom is -0.309 e. The second kappa shape index (κ2) is 4.80. The number of rotatable bonds is 1. The number of nitrogens with zero attached hydrogens (tertiary/aromatic N) is 1. The number of hydrogen-bond acceptors (Lipinski definition) is 0. The lowest BCUT2D eigenvalue weighted by Crippen LogP contribution is -1.92. The molecule has 1 aromatic heterocycles. The topological polar surface area (TPSA) is 4.93 Å². The Bertz CT molecular complexity index is 896. The van der Waals surface area contributed by atoms with Gasteiger partial charge in [0.25, 0.3) is 0 Å². The zero-order valence-corrected chi connectivity index (χ0v) is 12.6. The molecule has 1 heterocycles. The van der Waals surface area contributed by atoms with Crippen LogP contribution in [0.15, 0.2) is 66.7 Å². The van der Waals surface area contributed by atoms with Crippen LogP contribution < -0.4 is 0 Å². The summed E-state index contributed by atoms with van der Waals surface area (Å²) in [4.78, 5) is 0. The van der Waals surface area contributed by atoms with Crippen molar-refractivity contribution in [2.24, 2.45) is 0 Å². The Morgan fingerprint density at radius 1 is 0.619 bits per heavy atom. The maximum absolute atomic E-state index is 6.17. The molecule has 0 bridgehead atoms. The molecule has 0 atom stereocenters. The minimum atomic E-state index is 0.731. The standard InChI is InChI=1S/C18H11Cl2N/c19-12-6-8-17-15(10-12)16-11-13(20)7-9-18(16)21(17)14-4-2-1-3-5-14/h1-11H. The van der Waals surface area contributed by atoms with Crippen molar-refractivity contribution in [1.82, 2.24) is 4.57 Å². The first-order valence-electron chi connectivity index (χ1n) is 6.69. The predicted molar refractivity (Wildman–Crippen MR) is 90.8 cm³/mol. The molecule has 4 aromatic rings. The monoisotopic (exact) mass is 311 g/mol. The summed E-state index contributed by atoms with van der Waals surface area (Å²) in [5.74, 6) is 0. The van der Waals surface area contributed by atoms with E-state index < -0.39 is 0 Å². The molecule has 0 N–H and O–H groups in total. The zero-order chi connectivity index (χ0) is 14.4. The van der Waals surface area contributed by atoms with Crippen molar-refractivity contribution in [1.29, 1.82) is 0 Å². The van der Waals surface area contributed by atoms with Gasteiger partial charge in [-0.2, -0.15) is 0 Å². The molecule has 0 saturated carbocycles. The fourth-order valence-corrected chi connectivity index (χ4v) is 3.17. The summed E-state index contributed by atoms with van der Waals surface area (Å²) in [5, 5.41) is 3.69. The van der Waals surface area contributed by atoms with Crippen LogP contribution in [0.1, 0.15) is 0 Å². The fraction of sp³-hybridized carbons (Fsp3) is 0. The van der Waals surface area contributed by atoms with Crippen molar-refractivity contribution >= 4 is 45.0 Å². The van der Waals surface area contributed by atoms with Crippen LogP contribution in [0.4, 0.5) is 0 Å². The van der Waals surface area contributed by atoms with E-state index in [0.717, 1.165) is 37.5 Å². The van der Waals surface area contributed by atoms with Crippen molar-refractivity contribution in [3.63, 3.8) is 0 Å². The average Bonchev–Trinajstić information content (AvgIpc) is 2.81. The molecule has 4 rings (SSSR count). The lowest BCUT2D eigenvalue weighted by atomic mass is 10.1. The Hall–Kier alpha value is -1.96. The Morgan fingerprint density at radius 2 is 1.14 bits per heavy atom. The van der Waals surface area contributed by atoms with Crippen LogP contribution in [0.5, 0.6) is 0 Å². The van der Waals surface area contributed by atoms with Crippen molar-refractivity contribution in [3.8, 4) is 5.69 Å². The number of para-hydroxylation sites is 1. The Morgan fingerprint density at radius 3 is 1.67 bits per heavy atom. The highest BCUT2D eigenvalue weighted by Gasteiger charge is 2.12. The molecule has 0 unspecified atom stereocenters. The predicted octanol–water partition coefficient (Wildman–Crippen LogP) is 6.09. The van der Waals surface area contributed by atoms with Gasteiger partial charge < -0.3 is 4.57 Å². The molecule has 0 aliphatic rings. The van der Waals surface area contributed by atoms with Crippen LogP contribution in [0, 0.1) is 0 Å². The van der Waals surface area contributed by atoms with Crippen molar-refractivity contribution in [2.45, 2.75) is 0 Å². The van der Waals surface area contributed by atoms with Gasteiger partial charge in [-0.3, -0.25) is 0 Å². The number of fused-ring (bicyclic) bond motifs is 3. The van der Waals surface area contributed by atoms with Crippen LogP contribution in [-0.2, 0) is 0 Å². The van der Waals surface area contributed by atoms with Gasteiger partial charge in [-0.15, -0.1) is 0 Å². The Labute approximate surface area is 132 Å². The molecule has 1 nitrogen and oxygen atoms in total. The molecule has 0 aliphatic carbocycles. The summed E-state index contributed by atoms with van der Waals surface area (Å²) in [6.45, 7) is 0. The summed E-state index contributed by atoms with van der Waals surface area (Å²) in [7, 11) is 0. The average molecular weight is 312 g/mol. The number of hydrogen-bond donors (Lipinski definition) is 0. The highest BCUT2D eigenvalue weighted by Crippen LogP contribution is 2.34. The van der Waals surface area contributed by atoms with E-state index in [9.17, 15) is 0 Å². The van der Waals surface area contributed by atoms with E-state index in [1.165, 1.54) is 0 Å². The van der Waals surface area contributed by atoms with Gasteiger partial charge >= 0.3 is 0 Å². The maximum Gasteiger partial charge on any atom is 0.0542 e. The molecule has 3 heteroatoms. The first-order chi connectivity index (χ1) is 10.2. The summed E-state index contributed by atoms with van der Waals surface area (Å²) in [5.41, 5.74) is 3.38. The smallest absolute Gasteiger partial charge is 0.0542 e. The molecule has 0 amide bonds. The van der Waals surface area contributed by atoms with Gasteiger partial charge in [0.15, 0.2) is 0 Å². The van der Waals surface area contributed by atoms with Gasteiger partial charge in [-0.1, -0.05) is 41.4 Å². The second-order valence-corrected chi connectivity index (χ2v) is 5.87. The van der Waals surface area contributed by atoms with Crippen LogP contribution >= 0.6 is 23.2 Å². The number of benzene rings is 3. The number of aromatic nitrogens is 1. The minimum absolute atomic E-state index is 0.731. The summed E-state index contributed by atoms with van der Waals surface area (Å²) >= 11 is 12.3. The third-order valence-electron chi connectivity index (χ3n) is 3.70. The normalized spacial score (nSPS) is 11.3. The van der Waals surface area contributed by atoms with E-state index in [4.69, 9.17) is 23.2 Å². The molecular formula is C18H11Cl2N. The maximum atomic E-state index is 6.17. The molecule has 0 radical (unpaired) electrons. The van der Waals surface area contributed by atoms with Gasteiger partial charge in [0.05, 0.1) is 11.0 Å². The Balaban J connectivity index is 2.22. The molecule has 3 aromatic carbocycles.